The van der Waals surface area contributed by atoms with Gasteiger partial charge in [-0.1, -0.05) is 43.3 Å². The van der Waals surface area contributed by atoms with E-state index in [0.717, 1.165) is 12.0 Å². The van der Waals surface area contributed by atoms with E-state index in [1.165, 1.54) is 0 Å². The Hall–Kier alpha value is -2.42. The first-order valence-corrected chi connectivity index (χ1v) is 6.54. The van der Waals surface area contributed by atoms with Gasteiger partial charge in [0.15, 0.2) is 5.78 Å². The number of carbonyl (C=O) groups excluding carboxylic acids is 1. The highest BCUT2D eigenvalue weighted by molar-refractivity contribution is 6.09. The van der Waals surface area contributed by atoms with Crippen LogP contribution >= 0.6 is 0 Å². The largest absolute Gasteiger partial charge is 0.481 e. The van der Waals surface area contributed by atoms with Crippen LogP contribution < -0.4 is 0 Å². The molecule has 3 nitrogen and oxygen atoms in total. The molecule has 0 amide bonds. The maximum atomic E-state index is 12.4. The molecule has 0 heterocycles. The maximum absolute atomic E-state index is 12.4. The molecule has 102 valence electrons. The van der Waals surface area contributed by atoms with Crippen molar-refractivity contribution in [2.45, 2.75) is 19.8 Å². The van der Waals surface area contributed by atoms with Crippen LogP contribution in [0, 0.1) is 0 Å². The lowest BCUT2D eigenvalue weighted by atomic mass is 9.96. The van der Waals surface area contributed by atoms with Gasteiger partial charge in [0.2, 0.25) is 0 Å². The van der Waals surface area contributed by atoms with Crippen molar-refractivity contribution in [3.05, 3.63) is 70.8 Å². The molecule has 0 fully saturated rings. The normalized spacial score (nSPS) is 10.2. The second-order valence-corrected chi connectivity index (χ2v) is 4.66. The molecule has 2 aromatic carbocycles. The van der Waals surface area contributed by atoms with Crippen molar-refractivity contribution >= 4 is 11.8 Å². The Labute approximate surface area is 117 Å². The quantitative estimate of drug-likeness (QED) is 0.848. The Morgan fingerprint density at radius 3 is 2.20 bits per heavy atom. The van der Waals surface area contributed by atoms with E-state index in [0.29, 0.717) is 16.7 Å². The summed E-state index contributed by atoms with van der Waals surface area (Å²) in [7, 11) is 0. The molecule has 0 aliphatic carbocycles. The number of aliphatic carboxylic acids is 1. The second-order valence-electron chi connectivity index (χ2n) is 4.66. The summed E-state index contributed by atoms with van der Waals surface area (Å²) < 4.78 is 0. The minimum Gasteiger partial charge on any atom is -0.481 e. The smallest absolute Gasteiger partial charge is 0.307 e. The molecule has 0 radical (unpaired) electrons. The van der Waals surface area contributed by atoms with E-state index in [-0.39, 0.29) is 12.2 Å². The molecule has 3 heteroatoms. The summed E-state index contributed by atoms with van der Waals surface area (Å²) in [5, 5.41) is 8.89. The van der Waals surface area contributed by atoms with Gasteiger partial charge in [0.25, 0.3) is 0 Å². The lowest BCUT2D eigenvalue weighted by Gasteiger charge is -2.07. The lowest BCUT2D eigenvalue weighted by Crippen LogP contribution is -2.06. The van der Waals surface area contributed by atoms with E-state index in [4.69, 9.17) is 5.11 Å². The van der Waals surface area contributed by atoms with E-state index < -0.39 is 5.97 Å². The number of benzene rings is 2. The Kier molecular flexibility index (Phi) is 4.31. The molecular formula is C17H16O3. The fourth-order valence-corrected chi connectivity index (χ4v) is 2.13. The zero-order valence-corrected chi connectivity index (χ0v) is 11.3. The van der Waals surface area contributed by atoms with E-state index in [2.05, 4.69) is 0 Å². The van der Waals surface area contributed by atoms with Crippen LogP contribution in [0.25, 0.3) is 0 Å². The monoisotopic (exact) mass is 268 g/mol. The molecular weight excluding hydrogens is 252 g/mol. The van der Waals surface area contributed by atoms with Crippen LogP contribution in [0.4, 0.5) is 0 Å². The summed E-state index contributed by atoms with van der Waals surface area (Å²) in [6, 6.07) is 14.4. The molecule has 0 aromatic heterocycles. The van der Waals surface area contributed by atoms with Crippen molar-refractivity contribution in [2.75, 3.05) is 0 Å². The molecule has 1 N–H and O–H groups in total. The molecule has 0 aliphatic rings. The summed E-state index contributed by atoms with van der Waals surface area (Å²) >= 11 is 0. The van der Waals surface area contributed by atoms with E-state index >= 15 is 0 Å². The minimum absolute atomic E-state index is 0.0666. The number of carboxylic acids is 1. The zero-order valence-electron chi connectivity index (χ0n) is 11.3. The Balaban J connectivity index is 2.40. The van der Waals surface area contributed by atoms with Crippen LogP contribution in [0.2, 0.25) is 0 Å². The molecule has 0 atom stereocenters. The topological polar surface area (TPSA) is 54.4 Å². The fraction of sp³-hybridized carbons (Fsp3) is 0.176. The predicted molar refractivity (Wildman–Crippen MR) is 77.0 cm³/mol. The third kappa shape index (κ3) is 3.32. The Morgan fingerprint density at radius 2 is 1.60 bits per heavy atom. The first kappa shape index (κ1) is 14.0. The highest BCUT2D eigenvalue weighted by Crippen LogP contribution is 2.16. The first-order valence-electron chi connectivity index (χ1n) is 6.54. The SMILES string of the molecule is CCc1cc(CC(=O)O)cc(C(=O)c2ccccc2)c1. The Bertz CT molecular complexity index is 630. The number of ketones is 1. The Morgan fingerprint density at radius 1 is 0.950 bits per heavy atom. The van der Waals surface area contributed by atoms with Gasteiger partial charge >= 0.3 is 5.97 Å². The van der Waals surface area contributed by atoms with Crippen molar-refractivity contribution in [2.24, 2.45) is 0 Å². The van der Waals surface area contributed by atoms with Gasteiger partial charge in [-0.3, -0.25) is 9.59 Å². The van der Waals surface area contributed by atoms with E-state index in [1.807, 2.05) is 37.3 Å². The molecule has 20 heavy (non-hydrogen) atoms. The number of carbonyl (C=O) groups is 2. The van der Waals surface area contributed by atoms with Crippen LogP contribution in [0.15, 0.2) is 48.5 Å². The van der Waals surface area contributed by atoms with Gasteiger partial charge in [-0.15, -0.1) is 0 Å². The molecule has 2 rings (SSSR count). The van der Waals surface area contributed by atoms with Gasteiger partial charge in [-0.05, 0) is 29.7 Å². The number of hydrogen-bond donors (Lipinski definition) is 1. The summed E-state index contributed by atoms with van der Waals surface area (Å²) in [6.45, 7) is 1.98. The first-order chi connectivity index (χ1) is 9.60. The zero-order chi connectivity index (χ0) is 14.5. The van der Waals surface area contributed by atoms with Crippen molar-refractivity contribution in [3.8, 4) is 0 Å². The highest BCUT2D eigenvalue weighted by Gasteiger charge is 2.12. The average molecular weight is 268 g/mol. The second kappa shape index (κ2) is 6.15. The average Bonchev–Trinajstić information content (AvgIpc) is 2.46. The number of hydrogen-bond acceptors (Lipinski definition) is 2. The number of aryl methyl sites for hydroxylation is 1. The van der Waals surface area contributed by atoms with Crippen LogP contribution in [-0.2, 0) is 17.6 Å². The van der Waals surface area contributed by atoms with Crippen molar-refractivity contribution in [1.82, 2.24) is 0 Å². The summed E-state index contributed by atoms with van der Waals surface area (Å²) in [5.41, 5.74) is 2.80. The van der Waals surface area contributed by atoms with E-state index in [1.54, 1.807) is 18.2 Å². The van der Waals surface area contributed by atoms with Crippen molar-refractivity contribution in [3.63, 3.8) is 0 Å². The number of rotatable bonds is 5. The highest BCUT2D eigenvalue weighted by atomic mass is 16.4. The van der Waals surface area contributed by atoms with Gasteiger partial charge in [-0.25, -0.2) is 0 Å². The summed E-state index contributed by atoms with van der Waals surface area (Å²) in [5.74, 6) is -0.969. The van der Waals surface area contributed by atoms with Crippen LogP contribution in [0.1, 0.15) is 34.0 Å². The maximum Gasteiger partial charge on any atom is 0.307 e. The van der Waals surface area contributed by atoms with Gasteiger partial charge in [0.1, 0.15) is 0 Å². The van der Waals surface area contributed by atoms with Gasteiger partial charge in [-0.2, -0.15) is 0 Å². The summed E-state index contributed by atoms with van der Waals surface area (Å²) in [4.78, 5) is 23.2. The van der Waals surface area contributed by atoms with Crippen LogP contribution in [0.3, 0.4) is 0 Å². The fourth-order valence-electron chi connectivity index (χ4n) is 2.13. The van der Waals surface area contributed by atoms with Crippen LogP contribution in [-0.4, -0.2) is 16.9 Å². The molecule has 0 spiro atoms. The summed E-state index contributed by atoms with van der Waals surface area (Å²) in [6.07, 6.45) is 0.700. The van der Waals surface area contributed by atoms with Gasteiger partial charge in [0, 0.05) is 11.1 Å². The lowest BCUT2D eigenvalue weighted by molar-refractivity contribution is -0.136. The standard InChI is InChI=1S/C17H16O3/c1-2-12-8-13(11-16(18)19)10-15(9-12)17(20)14-6-4-3-5-7-14/h3-10H,2,11H2,1H3,(H,18,19). The van der Waals surface area contributed by atoms with Gasteiger partial charge in [0.05, 0.1) is 6.42 Å². The molecule has 0 aliphatic heterocycles. The van der Waals surface area contributed by atoms with Gasteiger partial charge < -0.3 is 5.11 Å². The van der Waals surface area contributed by atoms with Crippen molar-refractivity contribution in [1.29, 1.82) is 0 Å². The predicted octanol–water partition coefficient (Wildman–Crippen LogP) is 3.11. The molecule has 0 saturated heterocycles. The number of carboxylic acid groups (broad SMARTS) is 1. The molecule has 2 aromatic rings. The van der Waals surface area contributed by atoms with E-state index in [9.17, 15) is 9.59 Å². The minimum atomic E-state index is -0.892. The van der Waals surface area contributed by atoms with Crippen molar-refractivity contribution < 1.29 is 14.7 Å². The third-order valence-electron chi connectivity index (χ3n) is 3.11. The third-order valence-corrected chi connectivity index (χ3v) is 3.11. The molecule has 0 bridgehead atoms. The molecule has 0 unspecified atom stereocenters. The molecule has 0 saturated carbocycles. The van der Waals surface area contributed by atoms with Crippen LogP contribution in [0.5, 0.6) is 0 Å².